The van der Waals surface area contributed by atoms with Crippen LogP contribution in [0.25, 0.3) is 0 Å². The van der Waals surface area contributed by atoms with Gasteiger partial charge < -0.3 is 9.47 Å². The van der Waals surface area contributed by atoms with E-state index in [-0.39, 0.29) is 13.2 Å². The van der Waals surface area contributed by atoms with Gasteiger partial charge in [-0.2, -0.15) is 0 Å². The van der Waals surface area contributed by atoms with E-state index >= 15 is 0 Å². The molecule has 0 unspecified atom stereocenters. The van der Waals surface area contributed by atoms with E-state index < -0.39 is 35.8 Å². The average molecular weight is 438 g/mol. The number of rotatable bonds is 4. The summed E-state index contributed by atoms with van der Waals surface area (Å²) in [6, 6.07) is 14.9. The van der Waals surface area contributed by atoms with Crippen LogP contribution in [-0.2, 0) is 28.7 Å². The van der Waals surface area contributed by atoms with Gasteiger partial charge in [0.15, 0.2) is 0 Å². The Balaban J connectivity index is 2.09. The summed E-state index contributed by atoms with van der Waals surface area (Å²) in [5, 5.41) is 0. The van der Waals surface area contributed by atoms with E-state index in [0.717, 1.165) is 0 Å². The van der Waals surface area contributed by atoms with Crippen molar-refractivity contribution in [2.45, 2.75) is 39.3 Å². The number of ether oxygens (including phenoxy) is 2. The Bertz CT molecular complexity index is 1010. The highest BCUT2D eigenvalue weighted by Gasteiger charge is 2.42. The molecule has 0 aliphatic carbocycles. The smallest absolute Gasteiger partial charge is 0.397 e. The highest BCUT2D eigenvalue weighted by molar-refractivity contribution is 6.39. The van der Waals surface area contributed by atoms with Crippen molar-refractivity contribution >= 4 is 35.1 Å². The minimum Gasteiger partial charge on any atom is -0.459 e. The molecule has 0 fully saturated rings. The highest BCUT2D eigenvalue weighted by Crippen LogP contribution is 2.42. The van der Waals surface area contributed by atoms with E-state index in [2.05, 4.69) is 0 Å². The van der Waals surface area contributed by atoms with Gasteiger partial charge in [0.25, 0.3) is 0 Å². The van der Waals surface area contributed by atoms with E-state index in [0.29, 0.717) is 23.4 Å². The van der Waals surface area contributed by atoms with Gasteiger partial charge in [0.2, 0.25) is 0 Å². The Kier molecular flexibility index (Phi) is 7.25. The van der Waals surface area contributed by atoms with Crippen molar-refractivity contribution in [2.75, 3.05) is 23.0 Å². The quantitative estimate of drug-likeness (QED) is 0.538. The van der Waals surface area contributed by atoms with Crippen molar-refractivity contribution in [1.29, 1.82) is 0 Å². The fourth-order valence-electron chi connectivity index (χ4n) is 3.95. The fourth-order valence-corrected chi connectivity index (χ4v) is 3.95. The number of para-hydroxylation sites is 2. The minimum absolute atomic E-state index is 0.0761. The minimum atomic E-state index is -0.952. The normalized spacial score (nSPS) is 17.2. The van der Waals surface area contributed by atoms with Gasteiger partial charge in [-0.15, -0.1) is 0 Å². The second-order valence-electron chi connectivity index (χ2n) is 7.29. The molecule has 1 aliphatic heterocycles. The van der Waals surface area contributed by atoms with Gasteiger partial charge in [-0.3, -0.25) is 19.4 Å². The lowest BCUT2D eigenvalue weighted by molar-refractivity contribution is -0.153. The molecule has 0 N–H and O–H groups in total. The summed E-state index contributed by atoms with van der Waals surface area (Å²) in [4.78, 5) is 53.3. The standard InChI is InChI=1S/C24H26N2O6/c1-4-31-23(29)21(27)25-16(3)15-20(18-13-9-10-14-19(18)25)26(17-11-7-6-8-12-17)22(28)24(30)32-5-2/h6-14,16,20H,4-5,15H2,1-3H3/t16-,20-/m0/s1. The molecule has 0 aromatic heterocycles. The third-order valence-corrected chi connectivity index (χ3v) is 5.24. The second-order valence-corrected chi connectivity index (χ2v) is 7.29. The molecule has 2 aromatic rings. The zero-order valence-corrected chi connectivity index (χ0v) is 18.3. The zero-order chi connectivity index (χ0) is 23.3. The predicted octanol–water partition coefficient (Wildman–Crippen LogP) is 3.01. The summed E-state index contributed by atoms with van der Waals surface area (Å²) in [6.45, 7) is 5.22. The van der Waals surface area contributed by atoms with Crippen molar-refractivity contribution < 1.29 is 28.7 Å². The van der Waals surface area contributed by atoms with E-state index in [1.54, 1.807) is 69.3 Å². The molecule has 0 bridgehead atoms. The first-order valence-corrected chi connectivity index (χ1v) is 10.5. The molecule has 8 nitrogen and oxygen atoms in total. The SMILES string of the molecule is CCOC(=O)C(=O)N1c2ccccc2[C@@H](N(C(=O)C(=O)OCC)c2ccccc2)C[C@@H]1C. The number of carbonyl (C=O) groups excluding carboxylic acids is 4. The molecule has 0 saturated carbocycles. The van der Waals surface area contributed by atoms with Crippen molar-refractivity contribution in [3.63, 3.8) is 0 Å². The molecular weight excluding hydrogens is 412 g/mol. The fraction of sp³-hybridized carbons (Fsp3) is 0.333. The molecule has 0 spiro atoms. The van der Waals surface area contributed by atoms with Gasteiger partial charge >= 0.3 is 23.8 Å². The monoisotopic (exact) mass is 438 g/mol. The number of benzene rings is 2. The number of carbonyl (C=O) groups is 4. The molecule has 2 atom stereocenters. The van der Waals surface area contributed by atoms with Crippen LogP contribution in [0.15, 0.2) is 54.6 Å². The maximum atomic E-state index is 13.2. The van der Waals surface area contributed by atoms with Crippen molar-refractivity contribution in [2.24, 2.45) is 0 Å². The molecule has 2 amide bonds. The van der Waals surface area contributed by atoms with Gasteiger partial charge in [0.1, 0.15) is 0 Å². The van der Waals surface area contributed by atoms with Crippen LogP contribution in [0.3, 0.4) is 0 Å². The third-order valence-electron chi connectivity index (χ3n) is 5.24. The summed E-state index contributed by atoms with van der Waals surface area (Å²) in [7, 11) is 0. The summed E-state index contributed by atoms with van der Waals surface area (Å²) in [5.41, 5.74) is 1.67. The largest absolute Gasteiger partial charge is 0.459 e. The first-order chi connectivity index (χ1) is 15.4. The van der Waals surface area contributed by atoms with Crippen molar-refractivity contribution in [3.8, 4) is 0 Å². The Morgan fingerprint density at radius 1 is 0.906 bits per heavy atom. The Morgan fingerprint density at radius 3 is 2.16 bits per heavy atom. The summed E-state index contributed by atoms with van der Waals surface area (Å²) in [5.74, 6) is -3.45. The van der Waals surface area contributed by atoms with Crippen LogP contribution >= 0.6 is 0 Å². The first kappa shape index (κ1) is 23.0. The number of hydrogen-bond donors (Lipinski definition) is 0. The van der Waals surface area contributed by atoms with Gasteiger partial charge in [0, 0.05) is 17.4 Å². The maximum Gasteiger partial charge on any atom is 0.397 e. The number of fused-ring (bicyclic) bond motifs is 1. The van der Waals surface area contributed by atoms with Crippen LogP contribution in [0.1, 0.15) is 38.8 Å². The third kappa shape index (κ3) is 4.49. The van der Waals surface area contributed by atoms with Crippen LogP contribution < -0.4 is 9.80 Å². The molecule has 1 heterocycles. The lowest BCUT2D eigenvalue weighted by atomic mass is 9.89. The zero-order valence-electron chi connectivity index (χ0n) is 18.3. The molecule has 32 heavy (non-hydrogen) atoms. The van der Waals surface area contributed by atoms with Gasteiger partial charge in [-0.1, -0.05) is 36.4 Å². The predicted molar refractivity (Wildman–Crippen MR) is 118 cm³/mol. The number of anilines is 2. The lowest BCUT2D eigenvalue weighted by Gasteiger charge is -2.42. The van der Waals surface area contributed by atoms with Crippen LogP contribution in [0, 0.1) is 0 Å². The molecule has 2 aromatic carbocycles. The van der Waals surface area contributed by atoms with Crippen LogP contribution in [-0.4, -0.2) is 43.0 Å². The van der Waals surface area contributed by atoms with Crippen LogP contribution in [0.5, 0.6) is 0 Å². The summed E-state index contributed by atoms with van der Waals surface area (Å²) in [6.07, 6.45) is 0.308. The first-order valence-electron chi connectivity index (χ1n) is 10.5. The van der Waals surface area contributed by atoms with Gasteiger partial charge in [0.05, 0.1) is 19.3 Å². The Labute approximate surface area is 186 Å². The summed E-state index contributed by atoms with van der Waals surface area (Å²) < 4.78 is 9.88. The molecule has 0 saturated heterocycles. The number of hydrogen-bond acceptors (Lipinski definition) is 6. The van der Waals surface area contributed by atoms with E-state index in [9.17, 15) is 19.2 Å². The average Bonchev–Trinajstić information content (AvgIpc) is 2.80. The van der Waals surface area contributed by atoms with Crippen LogP contribution in [0.2, 0.25) is 0 Å². The Morgan fingerprint density at radius 2 is 1.50 bits per heavy atom. The van der Waals surface area contributed by atoms with Gasteiger partial charge in [-0.05, 0) is 51.0 Å². The molecule has 8 heteroatoms. The van der Waals surface area contributed by atoms with E-state index in [1.807, 2.05) is 6.07 Å². The number of amides is 2. The van der Waals surface area contributed by atoms with E-state index in [1.165, 1.54) is 9.80 Å². The lowest BCUT2D eigenvalue weighted by Crippen LogP contribution is -2.51. The van der Waals surface area contributed by atoms with E-state index in [4.69, 9.17) is 9.47 Å². The van der Waals surface area contributed by atoms with Crippen molar-refractivity contribution in [3.05, 3.63) is 60.2 Å². The second kappa shape index (κ2) is 10.1. The molecule has 1 aliphatic rings. The Hall–Kier alpha value is -3.68. The van der Waals surface area contributed by atoms with Crippen LogP contribution in [0.4, 0.5) is 11.4 Å². The number of nitrogens with zero attached hydrogens (tertiary/aromatic N) is 2. The van der Waals surface area contributed by atoms with Crippen molar-refractivity contribution in [1.82, 2.24) is 0 Å². The number of esters is 2. The molecule has 0 radical (unpaired) electrons. The summed E-state index contributed by atoms with van der Waals surface area (Å²) >= 11 is 0. The highest BCUT2D eigenvalue weighted by atomic mass is 16.5. The molecular formula is C24H26N2O6. The van der Waals surface area contributed by atoms with Gasteiger partial charge in [-0.25, -0.2) is 9.59 Å². The molecule has 168 valence electrons. The molecule has 3 rings (SSSR count). The topological polar surface area (TPSA) is 93.2 Å². The maximum absolute atomic E-state index is 13.2.